The maximum Gasteiger partial charge on any atom is 0.111 e. The summed E-state index contributed by atoms with van der Waals surface area (Å²) >= 11 is 0. The Morgan fingerprint density at radius 2 is 2.06 bits per heavy atom. The van der Waals surface area contributed by atoms with Gasteiger partial charge in [0.1, 0.15) is 5.82 Å². The lowest BCUT2D eigenvalue weighted by atomic mass is 9.91. The van der Waals surface area contributed by atoms with Crippen molar-refractivity contribution in [3.8, 4) is 6.07 Å². The van der Waals surface area contributed by atoms with Gasteiger partial charge in [-0.05, 0) is 24.6 Å². The summed E-state index contributed by atoms with van der Waals surface area (Å²) in [7, 11) is 1.90. The molecule has 0 saturated carbocycles. The van der Waals surface area contributed by atoms with Crippen LogP contribution in [0.5, 0.6) is 0 Å². The lowest BCUT2D eigenvalue weighted by Gasteiger charge is -2.23. The lowest BCUT2D eigenvalue weighted by molar-refractivity contribution is 0.0548. The second kappa shape index (κ2) is 4.63. The molecule has 0 fully saturated rings. The molecule has 0 saturated heterocycles. The van der Waals surface area contributed by atoms with Crippen LogP contribution in [0.25, 0.3) is 0 Å². The van der Waals surface area contributed by atoms with Gasteiger partial charge in [0.15, 0.2) is 0 Å². The van der Waals surface area contributed by atoms with Crippen LogP contribution in [0.1, 0.15) is 23.9 Å². The first kappa shape index (κ1) is 12.3. The highest BCUT2D eigenvalue weighted by Crippen LogP contribution is 2.24. The monoisotopic (exact) mass is 241 g/mol. The molecule has 2 rings (SSSR count). The molecule has 1 aromatic carbocycles. The van der Waals surface area contributed by atoms with E-state index in [0.717, 1.165) is 11.4 Å². The van der Waals surface area contributed by atoms with Gasteiger partial charge < -0.3 is 9.67 Å². The molecular formula is C14H15N3O. The number of nitrogens with zero attached hydrogens (tertiary/aromatic N) is 3. The van der Waals surface area contributed by atoms with Gasteiger partial charge in [0.2, 0.25) is 0 Å². The van der Waals surface area contributed by atoms with Crippen LogP contribution in [-0.2, 0) is 19.1 Å². The van der Waals surface area contributed by atoms with Crippen LogP contribution < -0.4 is 0 Å². The quantitative estimate of drug-likeness (QED) is 0.890. The van der Waals surface area contributed by atoms with Gasteiger partial charge in [-0.1, -0.05) is 12.1 Å². The standard InChI is InChI=1S/C14H15N3O/c1-14(18,9-13-16-7-8-17(13)2)12-5-3-11(10-15)4-6-12/h3-8,18H,9H2,1-2H3. The first-order valence-corrected chi connectivity index (χ1v) is 5.72. The first-order valence-electron chi connectivity index (χ1n) is 5.72. The number of rotatable bonds is 3. The highest BCUT2D eigenvalue weighted by Gasteiger charge is 2.25. The molecule has 1 atom stereocenters. The van der Waals surface area contributed by atoms with Gasteiger partial charge in [-0.15, -0.1) is 0 Å². The van der Waals surface area contributed by atoms with Crippen molar-refractivity contribution < 1.29 is 5.11 Å². The Balaban J connectivity index is 2.25. The highest BCUT2D eigenvalue weighted by atomic mass is 16.3. The van der Waals surface area contributed by atoms with E-state index in [2.05, 4.69) is 11.1 Å². The Kier molecular flexibility index (Phi) is 3.17. The van der Waals surface area contributed by atoms with E-state index in [4.69, 9.17) is 5.26 Å². The third-order valence-electron chi connectivity index (χ3n) is 3.06. The topological polar surface area (TPSA) is 61.8 Å². The smallest absolute Gasteiger partial charge is 0.111 e. The number of nitriles is 1. The molecule has 1 aromatic heterocycles. The maximum absolute atomic E-state index is 10.5. The Bertz CT molecular complexity index is 576. The van der Waals surface area contributed by atoms with Crippen molar-refractivity contribution in [3.05, 3.63) is 53.6 Å². The minimum absolute atomic E-state index is 0.433. The fourth-order valence-electron chi connectivity index (χ4n) is 1.88. The molecule has 4 nitrogen and oxygen atoms in total. The Morgan fingerprint density at radius 3 is 2.56 bits per heavy atom. The molecule has 4 heteroatoms. The summed E-state index contributed by atoms with van der Waals surface area (Å²) in [5.41, 5.74) is 0.378. The molecule has 0 bridgehead atoms. The fourth-order valence-corrected chi connectivity index (χ4v) is 1.88. The van der Waals surface area contributed by atoms with Crippen molar-refractivity contribution in [2.45, 2.75) is 18.9 Å². The van der Waals surface area contributed by atoms with Crippen molar-refractivity contribution >= 4 is 0 Å². The zero-order chi connectivity index (χ0) is 13.2. The van der Waals surface area contributed by atoms with Crippen LogP contribution in [0.3, 0.4) is 0 Å². The number of hydrogen-bond donors (Lipinski definition) is 1. The molecule has 0 aliphatic rings. The average Bonchev–Trinajstić information content (AvgIpc) is 2.74. The summed E-state index contributed by atoms with van der Waals surface area (Å²) in [6.07, 6.45) is 4.00. The van der Waals surface area contributed by atoms with E-state index in [1.165, 1.54) is 0 Å². The third kappa shape index (κ3) is 2.41. The van der Waals surface area contributed by atoms with Gasteiger partial charge in [0.25, 0.3) is 0 Å². The Hall–Kier alpha value is -2.12. The molecule has 2 aromatic rings. The molecule has 1 N–H and O–H groups in total. The normalized spacial score (nSPS) is 13.9. The molecule has 0 spiro atoms. The minimum atomic E-state index is -0.993. The molecule has 18 heavy (non-hydrogen) atoms. The van der Waals surface area contributed by atoms with E-state index in [1.807, 2.05) is 17.8 Å². The molecule has 92 valence electrons. The zero-order valence-electron chi connectivity index (χ0n) is 10.5. The summed E-state index contributed by atoms with van der Waals surface area (Å²) in [5, 5.41) is 19.3. The van der Waals surface area contributed by atoms with Gasteiger partial charge in [0, 0.05) is 25.9 Å². The van der Waals surface area contributed by atoms with Gasteiger partial charge in [-0.25, -0.2) is 4.98 Å². The number of hydrogen-bond acceptors (Lipinski definition) is 3. The van der Waals surface area contributed by atoms with Gasteiger partial charge in [-0.2, -0.15) is 5.26 Å². The van der Waals surface area contributed by atoms with E-state index in [1.54, 1.807) is 37.4 Å². The number of aliphatic hydroxyl groups is 1. The highest BCUT2D eigenvalue weighted by molar-refractivity contribution is 5.34. The molecule has 0 aliphatic carbocycles. The van der Waals surface area contributed by atoms with Crippen molar-refractivity contribution in [1.82, 2.24) is 9.55 Å². The van der Waals surface area contributed by atoms with Crippen LogP contribution in [0, 0.1) is 11.3 Å². The summed E-state index contributed by atoms with van der Waals surface area (Å²) < 4.78 is 1.89. The summed E-state index contributed by atoms with van der Waals surface area (Å²) in [6, 6.07) is 9.04. The predicted molar refractivity (Wildman–Crippen MR) is 67.6 cm³/mol. The second-order valence-electron chi connectivity index (χ2n) is 4.59. The molecule has 1 unspecified atom stereocenters. The third-order valence-corrected chi connectivity index (χ3v) is 3.06. The number of benzene rings is 1. The molecule has 0 aliphatic heterocycles. The molecular weight excluding hydrogens is 226 g/mol. The van der Waals surface area contributed by atoms with Crippen molar-refractivity contribution in [2.24, 2.45) is 7.05 Å². The van der Waals surface area contributed by atoms with E-state index < -0.39 is 5.60 Å². The zero-order valence-corrected chi connectivity index (χ0v) is 10.5. The Labute approximate surface area is 106 Å². The predicted octanol–water partition coefficient (Wildman–Crippen LogP) is 1.74. The summed E-state index contributed by atoms with van der Waals surface area (Å²) in [4.78, 5) is 4.21. The van der Waals surface area contributed by atoms with Crippen LogP contribution in [0.4, 0.5) is 0 Å². The Morgan fingerprint density at radius 1 is 1.39 bits per heavy atom. The van der Waals surface area contributed by atoms with Crippen molar-refractivity contribution in [3.63, 3.8) is 0 Å². The van der Waals surface area contributed by atoms with Gasteiger partial charge in [0.05, 0.1) is 17.2 Å². The van der Waals surface area contributed by atoms with Gasteiger partial charge in [-0.3, -0.25) is 0 Å². The van der Waals surface area contributed by atoms with Crippen molar-refractivity contribution in [2.75, 3.05) is 0 Å². The van der Waals surface area contributed by atoms with Crippen LogP contribution >= 0.6 is 0 Å². The van der Waals surface area contributed by atoms with Gasteiger partial charge >= 0.3 is 0 Å². The van der Waals surface area contributed by atoms with E-state index >= 15 is 0 Å². The number of imidazole rings is 1. The SMILES string of the molecule is Cn1ccnc1CC(C)(O)c1ccc(C#N)cc1. The van der Waals surface area contributed by atoms with E-state index in [-0.39, 0.29) is 0 Å². The number of aryl methyl sites for hydroxylation is 1. The summed E-state index contributed by atoms with van der Waals surface area (Å²) in [5.74, 6) is 0.823. The maximum atomic E-state index is 10.5. The largest absolute Gasteiger partial charge is 0.385 e. The second-order valence-corrected chi connectivity index (χ2v) is 4.59. The molecule has 0 amide bonds. The number of aromatic nitrogens is 2. The average molecular weight is 241 g/mol. The van der Waals surface area contributed by atoms with E-state index in [0.29, 0.717) is 12.0 Å². The van der Waals surface area contributed by atoms with Crippen LogP contribution in [0.15, 0.2) is 36.7 Å². The fraction of sp³-hybridized carbons (Fsp3) is 0.286. The molecule has 0 radical (unpaired) electrons. The van der Waals surface area contributed by atoms with Crippen LogP contribution in [-0.4, -0.2) is 14.7 Å². The van der Waals surface area contributed by atoms with Crippen molar-refractivity contribution in [1.29, 1.82) is 5.26 Å². The van der Waals surface area contributed by atoms with E-state index in [9.17, 15) is 5.11 Å². The molecule has 1 heterocycles. The summed E-state index contributed by atoms with van der Waals surface area (Å²) in [6.45, 7) is 1.75. The first-order chi connectivity index (χ1) is 8.53. The minimum Gasteiger partial charge on any atom is -0.385 e. The lowest BCUT2D eigenvalue weighted by Crippen LogP contribution is -2.25. The van der Waals surface area contributed by atoms with Crippen LogP contribution in [0.2, 0.25) is 0 Å².